The van der Waals surface area contributed by atoms with Gasteiger partial charge in [-0.25, -0.2) is 18.7 Å². The number of nitrogens with one attached hydrogen (secondary N) is 1. The van der Waals surface area contributed by atoms with E-state index in [0.29, 0.717) is 41.7 Å². The van der Waals surface area contributed by atoms with E-state index in [1.54, 1.807) is 6.07 Å². The van der Waals surface area contributed by atoms with E-state index in [0.717, 1.165) is 30.2 Å². The number of hydrogen-bond acceptors (Lipinski definition) is 9. The van der Waals surface area contributed by atoms with Gasteiger partial charge in [-0.05, 0) is 55.7 Å². The van der Waals surface area contributed by atoms with Crippen LogP contribution in [-0.2, 0) is 0 Å². The second-order valence-electron chi connectivity index (χ2n) is 9.73. The Morgan fingerprint density at radius 1 is 1.17 bits per heavy atom. The van der Waals surface area contributed by atoms with Gasteiger partial charge in [-0.3, -0.25) is 0 Å². The summed E-state index contributed by atoms with van der Waals surface area (Å²) in [6.07, 6.45) is 1.51. The number of benzene rings is 1. The lowest BCUT2D eigenvalue weighted by Crippen LogP contribution is -2.35. The first-order chi connectivity index (χ1) is 17.2. The molecule has 1 aromatic heterocycles. The van der Waals surface area contributed by atoms with Gasteiger partial charge in [0.1, 0.15) is 11.8 Å². The fourth-order valence-corrected chi connectivity index (χ4v) is 5.72. The number of hydrogen-bond donors (Lipinski definition) is 5. The van der Waals surface area contributed by atoms with Crippen LogP contribution in [0.15, 0.2) is 23.4 Å². The molecule has 0 spiro atoms. The van der Waals surface area contributed by atoms with Gasteiger partial charge in [0.15, 0.2) is 28.4 Å². The van der Waals surface area contributed by atoms with Gasteiger partial charge in [0, 0.05) is 31.4 Å². The molecule has 2 aromatic rings. The first-order valence-electron chi connectivity index (χ1n) is 12.5. The number of aliphatic hydroxyl groups is 3. The minimum absolute atomic E-state index is 0.0192. The van der Waals surface area contributed by atoms with Crippen molar-refractivity contribution in [3.8, 4) is 0 Å². The van der Waals surface area contributed by atoms with Gasteiger partial charge in [0.2, 0.25) is 0 Å². The summed E-state index contributed by atoms with van der Waals surface area (Å²) < 4.78 is 27.1. The summed E-state index contributed by atoms with van der Waals surface area (Å²) in [5.41, 5.74) is 7.58. The molecule has 2 fully saturated rings. The van der Waals surface area contributed by atoms with Crippen LogP contribution in [0.4, 0.5) is 26.1 Å². The lowest BCUT2D eigenvalue weighted by Gasteiger charge is -2.25. The van der Waals surface area contributed by atoms with Gasteiger partial charge in [0.25, 0.3) is 0 Å². The Morgan fingerprint density at radius 2 is 1.94 bits per heavy atom. The molecule has 2 saturated carbocycles. The topological polar surface area (TPSA) is 128 Å². The van der Waals surface area contributed by atoms with E-state index in [4.69, 9.17) is 15.8 Å². The molecule has 198 valence electrons. The second kappa shape index (κ2) is 11.5. The molecule has 2 aliphatic carbocycles. The number of nitrogen functional groups attached to an aromatic ring is 1. The van der Waals surface area contributed by atoms with Crippen molar-refractivity contribution >= 4 is 29.1 Å². The predicted octanol–water partition coefficient (Wildman–Crippen LogP) is 3.13. The van der Waals surface area contributed by atoms with Crippen molar-refractivity contribution < 1.29 is 24.1 Å². The Morgan fingerprint density at radius 3 is 2.64 bits per heavy atom. The molecule has 0 aliphatic heterocycles. The van der Waals surface area contributed by atoms with Crippen LogP contribution in [-0.4, -0.2) is 69.0 Å². The van der Waals surface area contributed by atoms with Gasteiger partial charge in [0.05, 0.1) is 12.1 Å². The van der Waals surface area contributed by atoms with Crippen molar-refractivity contribution in [2.45, 2.75) is 74.4 Å². The molecule has 6 atom stereocenters. The highest BCUT2D eigenvalue weighted by Gasteiger charge is 2.44. The fraction of sp³-hybridized carbons (Fsp3) is 0.600. The summed E-state index contributed by atoms with van der Waals surface area (Å²) in [6, 6.07) is 3.57. The lowest BCUT2D eigenvalue weighted by molar-refractivity contribution is 0.0145. The van der Waals surface area contributed by atoms with Crippen LogP contribution in [0.5, 0.6) is 0 Å². The van der Waals surface area contributed by atoms with Crippen molar-refractivity contribution in [2.75, 3.05) is 35.4 Å². The van der Waals surface area contributed by atoms with E-state index < -0.39 is 29.9 Å². The summed E-state index contributed by atoms with van der Waals surface area (Å²) in [4.78, 5) is 11.3. The Hall–Kier alpha value is -2.21. The van der Waals surface area contributed by atoms with Crippen LogP contribution in [0, 0.1) is 17.6 Å². The molecular formula is C25H35F2N5O3S. The van der Waals surface area contributed by atoms with E-state index >= 15 is 0 Å². The normalized spacial score (nSPS) is 27.3. The standard InChI is InChI=1S/C25H35F2N5O3S/c1-3-9-36-25-30-23(29-18-11-14(5-4-8-33)21(34)22(18)35)20(28)24(31-25)32(2)19-12-15(19)13-6-7-16(26)17(27)10-13/h6-7,10,14-15,18-19,21-22,33-35H,3-5,8-9,11-12,28H2,1-2H3,(H,29,30,31)/t14-,15-,18+,19+,21+,22-/m0/s1. The molecular weight excluding hydrogens is 488 g/mol. The van der Waals surface area contributed by atoms with Crippen molar-refractivity contribution in [2.24, 2.45) is 5.92 Å². The maximum atomic E-state index is 13.8. The van der Waals surface area contributed by atoms with Gasteiger partial charge < -0.3 is 31.3 Å². The number of anilines is 3. The molecule has 6 N–H and O–H groups in total. The zero-order chi connectivity index (χ0) is 26.0. The number of rotatable bonds is 11. The highest BCUT2D eigenvalue weighted by Crippen LogP contribution is 2.47. The monoisotopic (exact) mass is 523 g/mol. The summed E-state index contributed by atoms with van der Waals surface area (Å²) in [6.45, 7) is 2.10. The maximum Gasteiger partial charge on any atom is 0.191 e. The van der Waals surface area contributed by atoms with E-state index in [1.807, 2.05) is 11.9 Å². The number of nitrogens with two attached hydrogens (primary N) is 1. The van der Waals surface area contributed by atoms with Gasteiger partial charge in [-0.2, -0.15) is 0 Å². The molecule has 4 rings (SSSR count). The van der Waals surface area contributed by atoms with Crippen molar-refractivity contribution in [1.29, 1.82) is 0 Å². The summed E-state index contributed by atoms with van der Waals surface area (Å²) in [5, 5.41) is 34.0. The van der Waals surface area contributed by atoms with Gasteiger partial charge >= 0.3 is 0 Å². The summed E-state index contributed by atoms with van der Waals surface area (Å²) in [5.74, 6) is -0.0758. The van der Waals surface area contributed by atoms with E-state index in [1.165, 1.54) is 17.8 Å². The molecule has 0 saturated heterocycles. The van der Waals surface area contributed by atoms with Crippen LogP contribution in [0.2, 0.25) is 0 Å². The molecule has 2 aliphatic rings. The molecule has 11 heteroatoms. The predicted molar refractivity (Wildman–Crippen MR) is 137 cm³/mol. The minimum atomic E-state index is -0.989. The van der Waals surface area contributed by atoms with Crippen LogP contribution in [0.25, 0.3) is 0 Å². The number of halogens is 2. The van der Waals surface area contributed by atoms with Crippen molar-refractivity contribution in [1.82, 2.24) is 9.97 Å². The molecule has 0 unspecified atom stereocenters. The van der Waals surface area contributed by atoms with Crippen LogP contribution < -0.4 is 16.0 Å². The Kier molecular flexibility index (Phi) is 8.54. The summed E-state index contributed by atoms with van der Waals surface area (Å²) >= 11 is 1.50. The quantitative estimate of drug-likeness (QED) is 0.223. The molecule has 0 radical (unpaired) electrons. The molecule has 8 nitrogen and oxygen atoms in total. The van der Waals surface area contributed by atoms with Gasteiger partial charge in [-0.15, -0.1) is 0 Å². The zero-order valence-corrected chi connectivity index (χ0v) is 21.4. The van der Waals surface area contributed by atoms with Crippen molar-refractivity contribution in [3.05, 3.63) is 35.4 Å². The SMILES string of the molecule is CCCSc1nc(N[C@@H]2C[C@H](CCCO)[C@@H](O)[C@H]2O)c(N)c(N(C)[C@@H]2C[C@H]2c2ccc(F)c(F)c2)n1. The van der Waals surface area contributed by atoms with Crippen LogP contribution in [0.1, 0.15) is 50.5 Å². The smallest absolute Gasteiger partial charge is 0.191 e. The van der Waals surface area contributed by atoms with Crippen molar-refractivity contribution in [3.63, 3.8) is 0 Å². The second-order valence-corrected chi connectivity index (χ2v) is 10.8. The Balaban J connectivity index is 1.56. The maximum absolute atomic E-state index is 13.8. The van der Waals surface area contributed by atoms with E-state index in [-0.39, 0.29) is 24.5 Å². The zero-order valence-electron chi connectivity index (χ0n) is 20.6. The highest BCUT2D eigenvalue weighted by molar-refractivity contribution is 7.99. The fourth-order valence-electron chi connectivity index (χ4n) is 5.03. The minimum Gasteiger partial charge on any atom is -0.396 e. The van der Waals surface area contributed by atoms with E-state index in [2.05, 4.69) is 17.2 Å². The average Bonchev–Trinajstić information content (AvgIpc) is 3.62. The first kappa shape index (κ1) is 26.8. The summed E-state index contributed by atoms with van der Waals surface area (Å²) in [7, 11) is 1.88. The Labute approximate surface area is 214 Å². The number of nitrogens with zero attached hydrogens (tertiary/aromatic N) is 3. The third kappa shape index (κ3) is 5.69. The lowest BCUT2D eigenvalue weighted by atomic mass is 9.99. The molecule has 0 amide bonds. The average molecular weight is 524 g/mol. The number of aromatic nitrogens is 2. The highest BCUT2D eigenvalue weighted by atomic mass is 32.2. The molecule has 0 bridgehead atoms. The van der Waals surface area contributed by atoms with Crippen LogP contribution >= 0.6 is 11.8 Å². The third-order valence-corrected chi connectivity index (χ3v) is 8.21. The number of thioether (sulfide) groups is 1. The molecule has 1 heterocycles. The first-order valence-corrected chi connectivity index (χ1v) is 13.4. The van der Waals surface area contributed by atoms with Crippen LogP contribution in [0.3, 0.4) is 0 Å². The van der Waals surface area contributed by atoms with Gasteiger partial charge in [-0.1, -0.05) is 24.8 Å². The molecule has 36 heavy (non-hydrogen) atoms. The number of aliphatic hydroxyl groups excluding tert-OH is 3. The Bertz CT molecular complexity index is 1060. The molecule has 1 aromatic carbocycles. The third-order valence-electron chi connectivity index (χ3n) is 7.16. The number of likely N-dealkylation sites (N-methyl/N-ethyl adjacent to an activating group) is 1. The largest absolute Gasteiger partial charge is 0.396 e. The van der Waals surface area contributed by atoms with E-state index in [9.17, 15) is 19.0 Å².